The number of amides is 1. The van der Waals surface area contributed by atoms with Crippen molar-refractivity contribution in [1.82, 2.24) is 9.97 Å². The lowest BCUT2D eigenvalue weighted by Gasteiger charge is -2.33. The maximum atomic E-state index is 13.0. The summed E-state index contributed by atoms with van der Waals surface area (Å²) in [7, 11) is 0. The van der Waals surface area contributed by atoms with Crippen LogP contribution in [0.4, 0.5) is 5.69 Å². The lowest BCUT2D eigenvalue weighted by Crippen LogP contribution is -2.46. The fraction of sp³-hybridized carbons (Fsp3) is 0.185. The van der Waals surface area contributed by atoms with Crippen molar-refractivity contribution in [2.75, 3.05) is 11.4 Å². The Morgan fingerprint density at radius 2 is 1.88 bits per heavy atom. The quantitative estimate of drug-likeness (QED) is 0.362. The molecule has 1 unspecified atom stereocenters. The largest absolute Gasteiger partial charge is 0.479 e. The van der Waals surface area contributed by atoms with Crippen molar-refractivity contribution in [2.24, 2.45) is 0 Å². The number of thiazole rings is 1. The maximum absolute atomic E-state index is 13.0. The van der Waals surface area contributed by atoms with Gasteiger partial charge in [0.25, 0.3) is 5.91 Å². The average Bonchev–Trinajstić information content (AvgIpc) is 3.24. The van der Waals surface area contributed by atoms with Crippen LogP contribution in [0.15, 0.2) is 66.9 Å². The van der Waals surface area contributed by atoms with Gasteiger partial charge in [-0.15, -0.1) is 11.3 Å². The molecule has 0 saturated heterocycles. The molecule has 0 bridgehead atoms. The highest BCUT2D eigenvalue weighted by atomic mass is 32.1. The Balaban J connectivity index is 1.51. The predicted molar refractivity (Wildman–Crippen MR) is 133 cm³/mol. The second-order valence-corrected chi connectivity index (χ2v) is 9.50. The number of pyridine rings is 1. The standard InChI is InChI=1S/C27H23N3O3S/c1-16-7-9-19(10-8-16)23(31)15-30-22-14-20(11-12-24(22)33-17(2)27(30)32)25-18(3)34-26(29-25)21-6-4-5-13-28-21/h4-14,17H,15H2,1-3H3. The Labute approximate surface area is 201 Å². The third-order valence-electron chi connectivity index (χ3n) is 5.80. The number of ether oxygens (including phenoxy) is 1. The van der Waals surface area contributed by atoms with Gasteiger partial charge in [-0.25, -0.2) is 4.98 Å². The van der Waals surface area contributed by atoms with Crippen LogP contribution >= 0.6 is 11.3 Å². The zero-order chi connectivity index (χ0) is 23.8. The number of anilines is 1. The van der Waals surface area contributed by atoms with Crippen LogP contribution in [-0.2, 0) is 4.79 Å². The minimum Gasteiger partial charge on any atom is -0.479 e. The second kappa shape index (κ2) is 8.83. The summed E-state index contributed by atoms with van der Waals surface area (Å²) in [5.74, 6) is 0.209. The van der Waals surface area contributed by atoms with E-state index in [1.807, 2.05) is 62.4 Å². The summed E-state index contributed by atoms with van der Waals surface area (Å²) in [6.07, 6.45) is 1.08. The third kappa shape index (κ3) is 4.10. The molecule has 2 aromatic carbocycles. The Morgan fingerprint density at radius 3 is 2.62 bits per heavy atom. The Kier molecular flexibility index (Phi) is 5.71. The van der Waals surface area contributed by atoms with E-state index < -0.39 is 6.10 Å². The molecule has 1 aliphatic rings. The molecule has 7 heteroatoms. The van der Waals surface area contributed by atoms with Crippen molar-refractivity contribution >= 4 is 28.7 Å². The molecule has 4 aromatic rings. The van der Waals surface area contributed by atoms with Gasteiger partial charge in [-0.05, 0) is 51.1 Å². The molecule has 0 radical (unpaired) electrons. The van der Waals surface area contributed by atoms with E-state index in [-0.39, 0.29) is 18.2 Å². The number of ketones is 1. The summed E-state index contributed by atoms with van der Waals surface area (Å²) in [5, 5.41) is 0.832. The van der Waals surface area contributed by atoms with Gasteiger partial charge in [0.1, 0.15) is 10.8 Å². The van der Waals surface area contributed by atoms with Gasteiger partial charge >= 0.3 is 0 Å². The number of benzene rings is 2. The first-order valence-electron chi connectivity index (χ1n) is 11.0. The molecule has 1 atom stereocenters. The highest BCUT2D eigenvalue weighted by Gasteiger charge is 2.33. The molecule has 1 aliphatic heterocycles. The van der Waals surface area contributed by atoms with Crippen molar-refractivity contribution < 1.29 is 14.3 Å². The lowest BCUT2D eigenvalue weighted by atomic mass is 10.0. The highest BCUT2D eigenvalue weighted by Crippen LogP contribution is 2.40. The number of rotatable bonds is 5. The minimum atomic E-state index is -0.666. The molecular formula is C27H23N3O3S. The van der Waals surface area contributed by atoms with Gasteiger partial charge in [-0.3, -0.25) is 19.5 Å². The van der Waals surface area contributed by atoms with Crippen LogP contribution in [0.2, 0.25) is 0 Å². The van der Waals surface area contributed by atoms with Crippen LogP contribution in [0.1, 0.15) is 27.7 Å². The number of hydrogen-bond donors (Lipinski definition) is 0. The monoisotopic (exact) mass is 469 g/mol. The van der Waals surface area contributed by atoms with Gasteiger partial charge in [0.2, 0.25) is 0 Å². The molecule has 5 rings (SSSR count). The number of carbonyl (C=O) groups excluding carboxylic acids is 2. The first-order chi connectivity index (χ1) is 16.4. The average molecular weight is 470 g/mol. The van der Waals surface area contributed by atoms with E-state index in [0.29, 0.717) is 17.0 Å². The van der Waals surface area contributed by atoms with Gasteiger partial charge < -0.3 is 4.74 Å². The summed E-state index contributed by atoms with van der Waals surface area (Å²) in [5.41, 5.74) is 4.72. The van der Waals surface area contributed by atoms with E-state index in [9.17, 15) is 9.59 Å². The number of carbonyl (C=O) groups is 2. The first kappa shape index (κ1) is 22.0. The summed E-state index contributed by atoms with van der Waals surface area (Å²) in [6.45, 7) is 5.63. The molecule has 0 saturated carbocycles. The van der Waals surface area contributed by atoms with Crippen LogP contribution in [-0.4, -0.2) is 34.3 Å². The van der Waals surface area contributed by atoms with Crippen LogP contribution in [0.3, 0.4) is 0 Å². The number of nitrogens with zero attached hydrogens (tertiary/aromatic N) is 3. The number of aromatic nitrogens is 2. The fourth-order valence-corrected chi connectivity index (χ4v) is 4.87. The lowest BCUT2D eigenvalue weighted by molar-refractivity contribution is -0.125. The van der Waals surface area contributed by atoms with E-state index in [0.717, 1.165) is 32.4 Å². The number of Topliss-reactive ketones (excluding diaryl/α,β-unsaturated/α-hetero) is 1. The number of hydrogen-bond acceptors (Lipinski definition) is 6. The third-order valence-corrected chi connectivity index (χ3v) is 6.79. The van der Waals surface area contributed by atoms with Gasteiger partial charge in [0, 0.05) is 22.2 Å². The van der Waals surface area contributed by atoms with Crippen LogP contribution in [0.5, 0.6) is 5.75 Å². The van der Waals surface area contributed by atoms with Crippen molar-refractivity contribution in [1.29, 1.82) is 0 Å². The predicted octanol–water partition coefficient (Wildman–Crippen LogP) is 5.49. The Morgan fingerprint density at radius 1 is 1.09 bits per heavy atom. The van der Waals surface area contributed by atoms with Gasteiger partial charge in [0.05, 0.1) is 23.6 Å². The van der Waals surface area contributed by atoms with E-state index in [1.54, 1.807) is 36.6 Å². The second-order valence-electron chi connectivity index (χ2n) is 8.29. The van der Waals surface area contributed by atoms with Crippen LogP contribution < -0.4 is 9.64 Å². The number of fused-ring (bicyclic) bond motifs is 1. The van der Waals surface area contributed by atoms with Gasteiger partial charge in [-0.1, -0.05) is 35.9 Å². The van der Waals surface area contributed by atoms with Gasteiger partial charge in [-0.2, -0.15) is 0 Å². The topological polar surface area (TPSA) is 72.4 Å². The molecule has 0 N–H and O–H groups in total. The molecule has 0 spiro atoms. The fourth-order valence-electron chi connectivity index (χ4n) is 3.95. The molecule has 170 valence electrons. The van der Waals surface area contributed by atoms with Crippen molar-refractivity contribution in [2.45, 2.75) is 26.9 Å². The molecule has 1 amide bonds. The van der Waals surface area contributed by atoms with Crippen molar-refractivity contribution in [3.05, 3.63) is 82.9 Å². The zero-order valence-electron chi connectivity index (χ0n) is 19.1. The van der Waals surface area contributed by atoms with E-state index >= 15 is 0 Å². The molecule has 0 aliphatic carbocycles. The summed E-state index contributed by atoms with van der Waals surface area (Å²) >= 11 is 1.57. The maximum Gasteiger partial charge on any atom is 0.268 e. The molecule has 2 aromatic heterocycles. The normalized spacial score (nSPS) is 15.1. The molecular weight excluding hydrogens is 446 g/mol. The first-order valence-corrected chi connectivity index (χ1v) is 11.8. The molecule has 0 fully saturated rings. The Hall–Kier alpha value is -3.84. The molecule has 34 heavy (non-hydrogen) atoms. The minimum absolute atomic E-state index is 0.0543. The van der Waals surface area contributed by atoms with E-state index in [4.69, 9.17) is 9.72 Å². The zero-order valence-corrected chi connectivity index (χ0v) is 19.9. The van der Waals surface area contributed by atoms with Gasteiger partial charge in [0.15, 0.2) is 11.9 Å². The Bertz CT molecular complexity index is 1380. The smallest absolute Gasteiger partial charge is 0.268 e. The van der Waals surface area contributed by atoms with Crippen LogP contribution in [0, 0.1) is 13.8 Å². The van der Waals surface area contributed by atoms with E-state index in [2.05, 4.69) is 4.98 Å². The summed E-state index contributed by atoms with van der Waals surface area (Å²) < 4.78 is 5.84. The summed E-state index contributed by atoms with van der Waals surface area (Å²) in [6, 6.07) is 18.8. The SMILES string of the molecule is Cc1ccc(C(=O)CN2C(=O)C(C)Oc3ccc(-c4nc(-c5ccccn5)sc4C)cc32)cc1. The molecule has 3 heterocycles. The summed E-state index contributed by atoms with van der Waals surface area (Å²) in [4.78, 5) is 37.8. The van der Waals surface area contributed by atoms with Crippen molar-refractivity contribution in [3.8, 4) is 27.7 Å². The van der Waals surface area contributed by atoms with Crippen molar-refractivity contribution in [3.63, 3.8) is 0 Å². The molecule has 6 nitrogen and oxygen atoms in total. The highest BCUT2D eigenvalue weighted by molar-refractivity contribution is 7.15. The van der Waals surface area contributed by atoms with Crippen LogP contribution in [0.25, 0.3) is 22.0 Å². The number of aryl methyl sites for hydroxylation is 2. The van der Waals surface area contributed by atoms with E-state index in [1.165, 1.54) is 4.90 Å².